The van der Waals surface area contributed by atoms with Crippen LogP contribution in [0.25, 0.3) is 33.7 Å². The minimum absolute atomic E-state index is 0.0671. The number of methoxy groups -OCH3 is 5. The van der Waals surface area contributed by atoms with Gasteiger partial charge >= 0.3 is 0 Å². The van der Waals surface area contributed by atoms with E-state index >= 15 is 0 Å². The number of aliphatic hydroxyl groups is 1. The number of ether oxygens (including phenoxy) is 7. The van der Waals surface area contributed by atoms with E-state index in [0.29, 0.717) is 52.0 Å². The van der Waals surface area contributed by atoms with E-state index in [1.807, 2.05) is 103 Å². The van der Waals surface area contributed by atoms with Gasteiger partial charge in [-0.05, 0) is 69.4 Å². The minimum atomic E-state index is -1.07. The van der Waals surface area contributed by atoms with Crippen LogP contribution in [0.15, 0.2) is 103 Å². The molecule has 8 heteroatoms. The van der Waals surface area contributed by atoms with Gasteiger partial charge in [0.05, 0.1) is 39.2 Å². The third-order valence-electron chi connectivity index (χ3n) is 8.57. The van der Waals surface area contributed by atoms with E-state index in [9.17, 15) is 5.11 Å². The Morgan fingerprint density at radius 3 is 2.04 bits per heavy atom. The lowest BCUT2D eigenvalue weighted by molar-refractivity contribution is 0.0521. The second kappa shape index (κ2) is 15.7. The van der Waals surface area contributed by atoms with E-state index in [1.165, 1.54) is 0 Å². The molecule has 1 unspecified atom stereocenters. The Morgan fingerprint density at radius 1 is 0.580 bits per heavy atom. The van der Waals surface area contributed by atoms with Gasteiger partial charge in [-0.3, -0.25) is 0 Å². The van der Waals surface area contributed by atoms with Gasteiger partial charge < -0.3 is 38.3 Å². The number of aliphatic hydroxyl groups excluding tert-OH is 1. The number of benzene rings is 6. The fourth-order valence-electron chi connectivity index (χ4n) is 6.17. The number of rotatable bonds is 14. The average molecular weight is 673 g/mol. The fraction of sp³-hybridized carbons (Fsp3) is 0.190. The molecular formula is C42H40O8. The molecule has 0 spiro atoms. The zero-order valence-corrected chi connectivity index (χ0v) is 28.8. The smallest absolute Gasteiger partial charge is 0.188 e. The van der Waals surface area contributed by atoms with Crippen LogP contribution in [0.1, 0.15) is 33.9 Å². The average Bonchev–Trinajstić information content (AvgIpc) is 3.17. The molecule has 0 aliphatic heterocycles. The summed E-state index contributed by atoms with van der Waals surface area (Å²) in [6.07, 6.45) is 2.85. The first-order chi connectivity index (χ1) is 24.5. The van der Waals surface area contributed by atoms with Gasteiger partial charge in [-0.15, -0.1) is 0 Å². The summed E-state index contributed by atoms with van der Waals surface area (Å²) in [5, 5.41) is 15.5. The molecule has 50 heavy (non-hydrogen) atoms. The molecule has 0 aliphatic rings. The standard InChI is InChI=1S/C42H40O8/c1-44-26-50-37-20-19-33(32-14-10-16-36(47-4)41(32)37)42(43)34-23-30(45-2)24-38(48-5)31(34)18-17-28-21-29-13-9-15-35(46-3)40(29)39(22-28)49-25-27-11-7-6-8-12-27/h6-24,42-43H,25-26H2,1-5H3/b18-17+. The zero-order chi connectivity index (χ0) is 35.0. The third-order valence-corrected chi connectivity index (χ3v) is 8.57. The Labute approximate surface area is 292 Å². The van der Waals surface area contributed by atoms with E-state index in [4.69, 9.17) is 33.2 Å². The maximum atomic E-state index is 12.2. The molecule has 256 valence electrons. The van der Waals surface area contributed by atoms with Crippen LogP contribution >= 0.6 is 0 Å². The van der Waals surface area contributed by atoms with E-state index in [0.717, 1.165) is 38.4 Å². The molecule has 6 aromatic carbocycles. The molecule has 0 heterocycles. The summed E-state index contributed by atoms with van der Waals surface area (Å²) in [5.41, 5.74) is 3.88. The van der Waals surface area contributed by atoms with Crippen molar-refractivity contribution in [3.05, 3.63) is 131 Å². The van der Waals surface area contributed by atoms with Crippen LogP contribution in [0.3, 0.4) is 0 Å². The lowest BCUT2D eigenvalue weighted by Gasteiger charge is -2.21. The van der Waals surface area contributed by atoms with Crippen molar-refractivity contribution in [1.29, 1.82) is 0 Å². The summed E-state index contributed by atoms with van der Waals surface area (Å²) in [4.78, 5) is 0. The van der Waals surface area contributed by atoms with Crippen LogP contribution in [0.5, 0.6) is 34.5 Å². The molecule has 1 N–H and O–H groups in total. The zero-order valence-electron chi connectivity index (χ0n) is 28.8. The molecular weight excluding hydrogens is 632 g/mol. The van der Waals surface area contributed by atoms with Gasteiger partial charge in [-0.2, -0.15) is 0 Å². The van der Waals surface area contributed by atoms with Crippen molar-refractivity contribution in [2.24, 2.45) is 0 Å². The van der Waals surface area contributed by atoms with E-state index < -0.39 is 6.10 Å². The van der Waals surface area contributed by atoms with Gasteiger partial charge in [0.15, 0.2) is 6.79 Å². The lowest BCUT2D eigenvalue weighted by atomic mass is 9.91. The lowest BCUT2D eigenvalue weighted by Crippen LogP contribution is -2.07. The van der Waals surface area contributed by atoms with Gasteiger partial charge in [0.2, 0.25) is 0 Å². The number of fused-ring (bicyclic) bond motifs is 2. The molecule has 0 saturated heterocycles. The van der Waals surface area contributed by atoms with Crippen molar-refractivity contribution in [2.75, 3.05) is 42.3 Å². The largest absolute Gasteiger partial charge is 0.497 e. The molecule has 0 fully saturated rings. The molecule has 0 bridgehead atoms. The predicted octanol–water partition coefficient (Wildman–Crippen LogP) is 8.84. The van der Waals surface area contributed by atoms with Crippen molar-refractivity contribution in [3.8, 4) is 34.5 Å². The molecule has 6 aromatic rings. The van der Waals surface area contributed by atoms with E-state index in [-0.39, 0.29) is 6.79 Å². The first kappa shape index (κ1) is 34.2. The van der Waals surface area contributed by atoms with E-state index in [2.05, 4.69) is 6.07 Å². The Hall–Kier alpha value is -5.70. The van der Waals surface area contributed by atoms with Crippen molar-refractivity contribution >= 4 is 33.7 Å². The highest BCUT2D eigenvalue weighted by Crippen LogP contribution is 2.43. The van der Waals surface area contributed by atoms with Crippen molar-refractivity contribution < 1.29 is 38.3 Å². The fourth-order valence-corrected chi connectivity index (χ4v) is 6.17. The molecule has 1 atom stereocenters. The summed E-state index contributed by atoms with van der Waals surface area (Å²) in [7, 11) is 8.02. The van der Waals surface area contributed by atoms with Crippen molar-refractivity contribution in [3.63, 3.8) is 0 Å². The van der Waals surface area contributed by atoms with Crippen LogP contribution < -0.4 is 28.4 Å². The maximum absolute atomic E-state index is 12.2. The summed E-state index contributed by atoms with van der Waals surface area (Å²) in [6, 6.07) is 33.0. The highest BCUT2D eigenvalue weighted by Gasteiger charge is 2.23. The Balaban J connectivity index is 1.46. The van der Waals surface area contributed by atoms with Gasteiger partial charge in [0, 0.05) is 18.7 Å². The highest BCUT2D eigenvalue weighted by molar-refractivity contribution is 5.97. The van der Waals surface area contributed by atoms with Crippen molar-refractivity contribution in [1.82, 2.24) is 0 Å². The molecule has 0 saturated carbocycles. The van der Waals surface area contributed by atoms with Gasteiger partial charge in [-0.25, -0.2) is 0 Å². The topological polar surface area (TPSA) is 84.8 Å². The normalized spacial score (nSPS) is 11.9. The van der Waals surface area contributed by atoms with Gasteiger partial charge in [-0.1, -0.05) is 72.8 Å². The Kier molecular flexibility index (Phi) is 10.7. The maximum Gasteiger partial charge on any atom is 0.188 e. The number of hydrogen-bond donors (Lipinski definition) is 1. The monoisotopic (exact) mass is 672 g/mol. The van der Waals surface area contributed by atoms with Crippen LogP contribution in [-0.4, -0.2) is 47.4 Å². The highest BCUT2D eigenvalue weighted by atomic mass is 16.7. The first-order valence-corrected chi connectivity index (χ1v) is 16.1. The molecule has 0 aliphatic carbocycles. The molecule has 0 amide bonds. The molecule has 6 rings (SSSR count). The van der Waals surface area contributed by atoms with Crippen LogP contribution in [-0.2, 0) is 11.3 Å². The van der Waals surface area contributed by atoms with Crippen LogP contribution in [0, 0.1) is 0 Å². The second-order valence-corrected chi connectivity index (χ2v) is 11.5. The SMILES string of the molecule is COCOc1ccc(C(O)c2cc(OC)cc(OC)c2/C=C/c2cc(OCc3ccccc3)c3c(OC)cccc3c2)c2cccc(OC)c12. The van der Waals surface area contributed by atoms with Gasteiger partial charge in [0.1, 0.15) is 47.2 Å². The van der Waals surface area contributed by atoms with Crippen LogP contribution in [0.2, 0.25) is 0 Å². The summed E-state index contributed by atoms with van der Waals surface area (Å²) in [5.74, 6) is 3.71. The van der Waals surface area contributed by atoms with Crippen molar-refractivity contribution in [2.45, 2.75) is 12.7 Å². The Bertz CT molecular complexity index is 2120. The first-order valence-electron chi connectivity index (χ1n) is 16.1. The second-order valence-electron chi connectivity index (χ2n) is 11.5. The summed E-state index contributed by atoms with van der Waals surface area (Å²) < 4.78 is 40.4. The summed E-state index contributed by atoms with van der Waals surface area (Å²) >= 11 is 0. The molecule has 0 radical (unpaired) electrons. The van der Waals surface area contributed by atoms with Crippen LogP contribution in [0.4, 0.5) is 0 Å². The molecule has 0 aromatic heterocycles. The Morgan fingerprint density at radius 2 is 1.32 bits per heavy atom. The summed E-state index contributed by atoms with van der Waals surface area (Å²) in [6.45, 7) is 0.468. The quantitative estimate of drug-likeness (QED) is 0.0908. The van der Waals surface area contributed by atoms with E-state index in [1.54, 1.807) is 41.6 Å². The number of hydrogen-bond acceptors (Lipinski definition) is 8. The third kappa shape index (κ3) is 7.03. The van der Waals surface area contributed by atoms with Gasteiger partial charge in [0.25, 0.3) is 0 Å². The minimum Gasteiger partial charge on any atom is -0.497 e. The predicted molar refractivity (Wildman–Crippen MR) is 197 cm³/mol. The molecule has 8 nitrogen and oxygen atoms in total.